The molecule has 0 aliphatic carbocycles. The molecule has 0 aliphatic rings. The maximum atomic E-state index is 11.9. The summed E-state index contributed by atoms with van der Waals surface area (Å²) in [5.41, 5.74) is 8.94. The standard InChI is InChI=1S/C17H21N3O3/c1-10-3-4-12(11(2)5-10)6-14(21)9-20-17(23)15-7-13(8-19-15)16(18)22/h3-5,7-8,14,19,21H,6,9H2,1-2H3,(H2,18,22)(H,20,23). The molecule has 122 valence electrons. The number of nitrogens with two attached hydrogens (primary N) is 1. The van der Waals surface area contributed by atoms with Crippen molar-refractivity contribution in [3.05, 3.63) is 58.4 Å². The number of hydrogen-bond acceptors (Lipinski definition) is 3. The summed E-state index contributed by atoms with van der Waals surface area (Å²) in [5.74, 6) is -0.993. The van der Waals surface area contributed by atoms with Crippen LogP contribution in [0.25, 0.3) is 0 Å². The summed E-state index contributed by atoms with van der Waals surface area (Å²) in [6, 6.07) is 7.43. The summed E-state index contributed by atoms with van der Waals surface area (Å²) in [7, 11) is 0. The Morgan fingerprint density at radius 1 is 1.30 bits per heavy atom. The molecule has 1 aromatic carbocycles. The number of carbonyl (C=O) groups is 2. The second-order valence-electron chi connectivity index (χ2n) is 5.66. The second kappa shape index (κ2) is 7.11. The van der Waals surface area contributed by atoms with Crippen LogP contribution >= 0.6 is 0 Å². The van der Waals surface area contributed by atoms with E-state index in [1.165, 1.54) is 17.8 Å². The topological polar surface area (TPSA) is 108 Å². The lowest BCUT2D eigenvalue weighted by Crippen LogP contribution is -2.33. The van der Waals surface area contributed by atoms with Crippen LogP contribution in [0.15, 0.2) is 30.5 Å². The quantitative estimate of drug-likeness (QED) is 0.640. The molecule has 0 saturated heterocycles. The monoisotopic (exact) mass is 315 g/mol. The van der Waals surface area contributed by atoms with Gasteiger partial charge in [-0.15, -0.1) is 0 Å². The number of rotatable bonds is 6. The number of nitrogens with one attached hydrogen (secondary N) is 2. The number of aryl methyl sites for hydroxylation is 2. The minimum Gasteiger partial charge on any atom is -0.391 e. The lowest BCUT2D eigenvalue weighted by molar-refractivity contribution is 0.0911. The van der Waals surface area contributed by atoms with Gasteiger partial charge in [0.15, 0.2) is 0 Å². The molecule has 0 fully saturated rings. The molecule has 5 N–H and O–H groups in total. The van der Waals surface area contributed by atoms with E-state index >= 15 is 0 Å². The molecule has 1 atom stereocenters. The van der Waals surface area contributed by atoms with Crippen LogP contribution < -0.4 is 11.1 Å². The number of benzene rings is 1. The van der Waals surface area contributed by atoms with Crippen molar-refractivity contribution in [1.82, 2.24) is 10.3 Å². The predicted molar refractivity (Wildman–Crippen MR) is 87.3 cm³/mol. The number of aromatic amines is 1. The molecule has 2 amide bonds. The van der Waals surface area contributed by atoms with Crippen LogP contribution in [-0.4, -0.2) is 34.6 Å². The number of hydrogen-bond donors (Lipinski definition) is 4. The molecular formula is C17H21N3O3. The molecule has 23 heavy (non-hydrogen) atoms. The Labute approximate surface area is 134 Å². The second-order valence-corrected chi connectivity index (χ2v) is 5.66. The molecular weight excluding hydrogens is 294 g/mol. The highest BCUT2D eigenvalue weighted by atomic mass is 16.3. The van der Waals surface area contributed by atoms with Crippen LogP contribution in [0.5, 0.6) is 0 Å². The third kappa shape index (κ3) is 4.43. The van der Waals surface area contributed by atoms with Crippen LogP contribution in [-0.2, 0) is 6.42 Å². The average Bonchev–Trinajstić information content (AvgIpc) is 2.98. The predicted octanol–water partition coefficient (Wildman–Crippen LogP) is 1.06. The van der Waals surface area contributed by atoms with Crippen LogP contribution in [0.4, 0.5) is 0 Å². The van der Waals surface area contributed by atoms with Gasteiger partial charge in [0.25, 0.3) is 5.91 Å². The minimum absolute atomic E-state index is 0.122. The Balaban J connectivity index is 1.89. The molecule has 0 saturated carbocycles. The molecule has 1 unspecified atom stereocenters. The van der Waals surface area contributed by atoms with Crippen molar-refractivity contribution < 1.29 is 14.7 Å². The molecule has 1 heterocycles. The molecule has 6 heteroatoms. The molecule has 0 radical (unpaired) electrons. The zero-order chi connectivity index (χ0) is 17.0. The Kier molecular flexibility index (Phi) is 5.18. The van der Waals surface area contributed by atoms with Crippen LogP contribution in [0.1, 0.15) is 37.5 Å². The van der Waals surface area contributed by atoms with Crippen LogP contribution in [0.2, 0.25) is 0 Å². The van der Waals surface area contributed by atoms with E-state index in [1.54, 1.807) is 0 Å². The lowest BCUT2D eigenvalue weighted by Gasteiger charge is -2.13. The molecule has 2 rings (SSSR count). The summed E-state index contributed by atoms with van der Waals surface area (Å²) in [5, 5.41) is 12.7. The number of H-pyrrole nitrogens is 1. The van der Waals surface area contributed by atoms with Crippen molar-refractivity contribution in [2.45, 2.75) is 26.4 Å². The molecule has 1 aromatic heterocycles. The Morgan fingerprint density at radius 2 is 2.04 bits per heavy atom. The van der Waals surface area contributed by atoms with Gasteiger partial charge in [0.05, 0.1) is 11.7 Å². The highest BCUT2D eigenvalue weighted by molar-refractivity contribution is 5.98. The Morgan fingerprint density at radius 3 is 2.65 bits per heavy atom. The van der Waals surface area contributed by atoms with Crippen molar-refractivity contribution >= 4 is 11.8 Å². The third-order valence-corrected chi connectivity index (χ3v) is 3.66. The van der Waals surface area contributed by atoms with E-state index in [-0.39, 0.29) is 17.8 Å². The van der Waals surface area contributed by atoms with Gasteiger partial charge in [-0.25, -0.2) is 0 Å². The number of amides is 2. The van der Waals surface area contributed by atoms with E-state index in [1.807, 2.05) is 26.0 Å². The average molecular weight is 315 g/mol. The van der Waals surface area contributed by atoms with E-state index < -0.39 is 17.9 Å². The molecule has 2 aromatic rings. The number of aliphatic hydroxyl groups is 1. The van der Waals surface area contributed by atoms with Gasteiger partial charge in [0.2, 0.25) is 5.91 Å². The SMILES string of the molecule is Cc1ccc(CC(O)CNC(=O)c2cc(C(N)=O)c[nH]2)c(C)c1. The van der Waals surface area contributed by atoms with E-state index in [0.29, 0.717) is 6.42 Å². The Hall–Kier alpha value is -2.60. The van der Waals surface area contributed by atoms with E-state index in [0.717, 1.165) is 11.1 Å². The molecule has 0 spiro atoms. The zero-order valence-electron chi connectivity index (χ0n) is 13.2. The van der Waals surface area contributed by atoms with Crippen molar-refractivity contribution in [1.29, 1.82) is 0 Å². The summed E-state index contributed by atoms with van der Waals surface area (Å²) >= 11 is 0. The first-order chi connectivity index (χ1) is 10.9. The summed E-state index contributed by atoms with van der Waals surface area (Å²) < 4.78 is 0. The van der Waals surface area contributed by atoms with Gasteiger partial charge in [-0.1, -0.05) is 23.8 Å². The Bertz CT molecular complexity index is 722. The van der Waals surface area contributed by atoms with Gasteiger partial charge in [-0.3, -0.25) is 9.59 Å². The van der Waals surface area contributed by atoms with Gasteiger partial charge < -0.3 is 21.1 Å². The maximum Gasteiger partial charge on any atom is 0.267 e. The zero-order valence-corrected chi connectivity index (χ0v) is 13.2. The van der Waals surface area contributed by atoms with E-state index in [2.05, 4.69) is 16.4 Å². The number of carbonyl (C=O) groups excluding carboxylic acids is 2. The van der Waals surface area contributed by atoms with Gasteiger partial charge in [-0.05, 0) is 31.0 Å². The lowest BCUT2D eigenvalue weighted by atomic mass is 10.0. The van der Waals surface area contributed by atoms with Crippen LogP contribution in [0, 0.1) is 13.8 Å². The first kappa shape index (κ1) is 16.8. The van der Waals surface area contributed by atoms with Crippen molar-refractivity contribution in [3.63, 3.8) is 0 Å². The largest absolute Gasteiger partial charge is 0.391 e. The van der Waals surface area contributed by atoms with Crippen molar-refractivity contribution in [3.8, 4) is 0 Å². The number of aromatic nitrogens is 1. The van der Waals surface area contributed by atoms with Crippen molar-refractivity contribution in [2.75, 3.05) is 6.54 Å². The van der Waals surface area contributed by atoms with Gasteiger partial charge in [-0.2, -0.15) is 0 Å². The number of primary amides is 1. The minimum atomic E-state index is -0.689. The fourth-order valence-electron chi connectivity index (χ4n) is 2.37. The molecule has 0 bridgehead atoms. The normalized spacial score (nSPS) is 12.0. The summed E-state index contributed by atoms with van der Waals surface area (Å²) in [6.45, 7) is 4.14. The highest BCUT2D eigenvalue weighted by Gasteiger charge is 2.13. The fourth-order valence-corrected chi connectivity index (χ4v) is 2.37. The van der Waals surface area contributed by atoms with E-state index in [9.17, 15) is 14.7 Å². The smallest absolute Gasteiger partial charge is 0.267 e. The van der Waals surface area contributed by atoms with Crippen molar-refractivity contribution in [2.24, 2.45) is 5.73 Å². The van der Waals surface area contributed by atoms with Gasteiger partial charge >= 0.3 is 0 Å². The van der Waals surface area contributed by atoms with Gasteiger partial charge in [0.1, 0.15) is 5.69 Å². The summed E-state index contributed by atoms with van der Waals surface area (Å²) in [6.07, 6.45) is 1.15. The van der Waals surface area contributed by atoms with Gasteiger partial charge in [0, 0.05) is 19.2 Å². The fraction of sp³-hybridized carbons (Fsp3) is 0.294. The van der Waals surface area contributed by atoms with E-state index in [4.69, 9.17) is 5.73 Å². The first-order valence-corrected chi connectivity index (χ1v) is 7.37. The van der Waals surface area contributed by atoms with Crippen LogP contribution in [0.3, 0.4) is 0 Å². The highest BCUT2D eigenvalue weighted by Crippen LogP contribution is 2.12. The summed E-state index contributed by atoms with van der Waals surface area (Å²) in [4.78, 5) is 25.6. The maximum absolute atomic E-state index is 11.9. The first-order valence-electron chi connectivity index (χ1n) is 7.37. The number of aliphatic hydroxyl groups excluding tert-OH is 1. The molecule has 0 aliphatic heterocycles. The molecule has 6 nitrogen and oxygen atoms in total. The third-order valence-electron chi connectivity index (χ3n) is 3.66.